The van der Waals surface area contributed by atoms with E-state index in [4.69, 9.17) is 0 Å². The fraction of sp³-hybridized carbons (Fsp3) is 0.500. The van der Waals surface area contributed by atoms with Crippen molar-refractivity contribution in [1.29, 1.82) is 0 Å². The zero-order valence-corrected chi connectivity index (χ0v) is 12.3. The molecule has 0 aromatic carbocycles. The Balaban J connectivity index is 2.05. The van der Waals surface area contributed by atoms with Gasteiger partial charge in [0, 0.05) is 32.1 Å². The fourth-order valence-corrected chi connectivity index (χ4v) is 2.72. The summed E-state index contributed by atoms with van der Waals surface area (Å²) in [5.74, 6) is -2.66. The topological polar surface area (TPSA) is 33.4 Å². The number of rotatable bonds is 1. The molecule has 1 aliphatic heterocycles. The van der Waals surface area contributed by atoms with Crippen LogP contribution in [-0.2, 0) is 0 Å². The summed E-state index contributed by atoms with van der Waals surface area (Å²) >= 11 is 3.21. The monoisotopic (exact) mass is 348 g/mol. The van der Waals surface area contributed by atoms with E-state index in [0.717, 1.165) is 0 Å². The Morgan fingerprint density at radius 2 is 1.90 bits per heavy atom. The van der Waals surface area contributed by atoms with Crippen molar-refractivity contribution in [2.24, 2.45) is 0 Å². The molecule has 0 spiro atoms. The number of aryl methyl sites for hydroxylation is 1. The van der Waals surface area contributed by atoms with Crippen molar-refractivity contribution in [2.45, 2.75) is 25.7 Å². The molecule has 1 aliphatic rings. The highest BCUT2D eigenvalue weighted by molar-refractivity contribution is 9.10. The lowest BCUT2D eigenvalue weighted by atomic mass is 10.1. The van der Waals surface area contributed by atoms with Gasteiger partial charge in [-0.25, -0.2) is 18.7 Å². The first-order chi connectivity index (χ1) is 9.37. The summed E-state index contributed by atoms with van der Waals surface area (Å²) < 4.78 is 42.1. The molecule has 0 N–H and O–H groups in total. The van der Waals surface area contributed by atoms with Gasteiger partial charge >= 0.3 is 0 Å². The second-order valence-electron chi connectivity index (χ2n) is 4.91. The predicted octanol–water partition coefficient (Wildman–Crippen LogP) is 3.17. The van der Waals surface area contributed by atoms with Gasteiger partial charge in [0.15, 0.2) is 11.5 Å². The van der Waals surface area contributed by atoms with Crippen molar-refractivity contribution in [3.63, 3.8) is 0 Å². The van der Waals surface area contributed by atoms with Gasteiger partial charge < -0.3 is 4.90 Å². The third-order valence-electron chi connectivity index (χ3n) is 3.45. The molecular formula is C12H12BrF3N4. The van der Waals surface area contributed by atoms with Crippen molar-refractivity contribution in [2.75, 3.05) is 18.0 Å². The van der Waals surface area contributed by atoms with Gasteiger partial charge in [-0.2, -0.15) is 4.39 Å². The van der Waals surface area contributed by atoms with Crippen molar-refractivity contribution >= 4 is 27.4 Å². The molecule has 1 fully saturated rings. The number of fused-ring (bicyclic) bond motifs is 1. The molecule has 1 saturated heterocycles. The van der Waals surface area contributed by atoms with Crippen LogP contribution in [0.1, 0.15) is 18.5 Å². The Bertz CT molecular complexity index is 660. The van der Waals surface area contributed by atoms with E-state index in [1.165, 1.54) is 10.6 Å². The van der Waals surface area contributed by atoms with Crippen LogP contribution in [0.15, 0.2) is 10.8 Å². The first-order valence-corrected chi connectivity index (χ1v) is 7.00. The van der Waals surface area contributed by atoms with Crippen molar-refractivity contribution in [3.05, 3.63) is 22.4 Å². The van der Waals surface area contributed by atoms with E-state index in [1.54, 1.807) is 11.8 Å². The first kappa shape index (κ1) is 13.7. The van der Waals surface area contributed by atoms with E-state index in [1.807, 2.05) is 0 Å². The quantitative estimate of drug-likeness (QED) is 0.793. The number of hydrogen-bond donors (Lipinski definition) is 0. The second-order valence-corrected chi connectivity index (χ2v) is 5.72. The van der Waals surface area contributed by atoms with Crippen LogP contribution >= 0.6 is 15.9 Å². The van der Waals surface area contributed by atoms with Gasteiger partial charge in [0.05, 0.1) is 5.69 Å². The van der Waals surface area contributed by atoms with Crippen LogP contribution in [0.3, 0.4) is 0 Å². The Kier molecular flexibility index (Phi) is 3.15. The molecule has 0 unspecified atom stereocenters. The molecule has 0 bridgehead atoms. The summed E-state index contributed by atoms with van der Waals surface area (Å²) in [5, 5.41) is 0. The molecule has 0 amide bonds. The highest BCUT2D eigenvalue weighted by Crippen LogP contribution is 2.32. The van der Waals surface area contributed by atoms with Crippen LogP contribution in [0.2, 0.25) is 0 Å². The van der Waals surface area contributed by atoms with Crippen LogP contribution in [0.4, 0.5) is 19.0 Å². The molecule has 4 nitrogen and oxygen atoms in total. The van der Waals surface area contributed by atoms with Crippen molar-refractivity contribution in [1.82, 2.24) is 14.4 Å². The molecule has 3 heterocycles. The lowest BCUT2D eigenvalue weighted by molar-refractivity contribution is -0.0221. The Morgan fingerprint density at radius 3 is 2.55 bits per heavy atom. The number of alkyl halides is 2. The third kappa shape index (κ3) is 2.25. The lowest BCUT2D eigenvalue weighted by Gasteiger charge is -2.32. The molecule has 0 atom stereocenters. The Morgan fingerprint density at radius 1 is 1.25 bits per heavy atom. The smallest absolute Gasteiger partial charge is 0.251 e. The maximum Gasteiger partial charge on any atom is 0.251 e. The number of piperidine rings is 1. The van der Waals surface area contributed by atoms with Crippen molar-refractivity contribution in [3.8, 4) is 0 Å². The van der Waals surface area contributed by atoms with Gasteiger partial charge in [-0.1, -0.05) is 0 Å². The molecule has 3 rings (SSSR count). The van der Waals surface area contributed by atoms with Gasteiger partial charge in [0.25, 0.3) is 5.92 Å². The highest BCUT2D eigenvalue weighted by atomic mass is 79.9. The number of halogens is 4. The van der Waals surface area contributed by atoms with Crippen LogP contribution in [0, 0.1) is 12.9 Å². The van der Waals surface area contributed by atoms with E-state index in [0.29, 0.717) is 16.1 Å². The van der Waals surface area contributed by atoms with E-state index >= 15 is 0 Å². The lowest BCUT2D eigenvalue weighted by Crippen LogP contribution is -2.40. The van der Waals surface area contributed by atoms with Crippen LogP contribution in [0.5, 0.6) is 0 Å². The number of nitrogens with zero attached hydrogens (tertiary/aromatic N) is 4. The number of aromatic nitrogens is 3. The maximum atomic E-state index is 13.9. The van der Waals surface area contributed by atoms with Gasteiger partial charge in [-0.3, -0.25) is 4.40 Å². The SMILES string of the molecule is Cc1nc2c(N3CCC(F)(F)CC3)nc(Br)cn2c1F. The van der Waals surface area contributed by atoms with E-state index in [-0.39, 0.29) is 31.6 Å². The number of hydrogen-bond acceptors (Lipinski definition) is 3. The summed E-state index contributed by atoms with van der Waals surface area (Å²) in [6.45, 7) is 1.92. The number of imidazole rings is 1. The van der Waals surface area contributed by atoms with Gasteiger partial charge in [0.2, 0.25) is 5.95 Å². The summed E-state index contributed by atoms with van der Waals surface area (Å²) in [4.78, 5) is 10.1. The largest absolute Gasteiger partial charge is 0.353 e. The maximum absolute atomic E-state index is 13.9. The minimum atomic E-state index is -2.63. The normalized spacial score (nSPS) is 18.8. The predicted molar refractivity (Wildman–Crippen MR) is 71.8 cm³/mol. The zero-order chi connectivity index (χ0) is 14.5. The van der Waals surface area contributed by atoms with E-state index in [9.17, 15) is 13.2 Å². The van der Waals surface area contributed by atoms with E-state index in [2.05, 4.69) is 25.9 Å². The third-order valence-corrected chi connectivity index (χ3v) is 3.84. The molecule has 8 heteroatoms. The fourth-order valence-electron chi connectivity index (χ4n) is 2.35. The molecular weight excluding hydrogens is 337 g/mol. The van der Waals surface area contributed by atoms with E-state index < -0.39 is 11.9 Å². The van der Waals surface area contributed by atoms with Crippen LogP contribution in [-0.4, -0.2) is 33.4 Å². The Hall–Kier alpha value is -1.31. The summed E-state index contributed by atoms with van der Waals surface area (Å²) in [5.41, 5.74) is 0.613. The molecule has 0 aliphatic carbocycles. The van der Waals surface area contributed by atoms with Crippen molar-refractivity contribution < 1.29 is 13.2 Å². The molecule has 108 valence electrons. The summed E-state index contributed by atoms with van der Waals surface area (Å²) in [6, 6.07) is 0. The van der Waals surface area contributed by atoms with Gasteiger partial charge in [0.1, 0.15) is 4.60 Å². The zero-order valence-electron chi connectivity index (χ0n) is 10.7. The minimum Gasteiger partial charge on any atom is -0.353 e. The van der Waals surface area contributed by atoms with Gasteiger partial charge in [-0.05, 0) is 22.9 Å². The average Bonchev–Trinajstić information content (AvgIpc) is 2.66. The number of anilines is 1. The van der Waals surface area contributed by atoms with Gasteiger partial charge in [-0.15, -0.1) is 0 Å². The second kappa shape index (κ2) is 4.61. The molecule has 0 saturated carbocycles. The molecule has 20 heavy (non-hydrogen) atoms. The first-order valence-electron chi connectivity index (χ1n) is 6.21. The Labute approximate surface area is 121 Å². The summed E-state index contributed by atoms with van der Waals surface area (Å²) in [7, 11) is 0. The molecule has 2 aromatic rings. The molecule has 2 aromatic heterocycles. The standard InChI is InChI=1S/C12H12BrF3N4/c1-7-9(14)20-6-8(13)18-10(11(20)17-7)19-4-2-12(15,16)3-5-19/h6H,2-5H2,1H3. The molecule has 0 radical (unpaired) electrons. The highest BCUT2D eigenvalue weighted by Gasteiger charge is 2.35. The van der Waals surface area contributed by atoms with Crippen LogP contribution in [0.25, 0.3) is 5.65 Å². The van der Waals surface area contributed by atoms with Crippen LogP contribution < -0.4 is 4.90 Å². The average molecular weight is 349 g/mol. The minimum absolute atomic E-state index is 0.180. The summed E-state index contributed by atoms with van der Waals surface area (Å²) in [6.07, 6.45) is 1.03.